The molecule has 0 N–H and O–H groups in total. The summed E-state index contributed by atoms with van der Waals surface area (Å²) in [5.74, 6) is 1.56. The molecule has 0 saturated heterocycles. The van der Waals surface area contributed by atoms with E-state index in [1.165, 1.54) is 23.3 Å². The number of hydrogen-bond donors (Lipinski definition) is 0. The fourth-order valence-corrected chi connectivity index (χ4v) is 3.67. The van der Waals surface area contributed by atoms with Crippen LogP contribution in [0.4, 0.5) is 0 Å². The standard InChI is InChI=1S/C14H17N7S2/c1-5-21-10(9-8-15-6-7-16-9)18-19-12(21)22-13-17-11(20-23-13)14(2,3)4/h6-8H,5H2,1-4H3. The van der Waals surface area contributed by atoms with Crippen molar-refractivity contribution < 1.29 is 0 Å². The van der Waals surface area contributed by atoms with Crippen molar-refractivity contribution in [3.63, 3.8) is 0 Å². The number of hydrogen-bond acceptors (Lipinski definition) is 8. The van der Waals surface area contributed by atoms with Crippen LogP contribution in [0.25, 0.3) is 11.5 Å². The quantitative estimate of drug-likeness (QED) is 0.717. The molecular formula is C14H17N7S2. The van der Waals surface area contributed by atoms with E-state index in [2.05, 4.69) is 50.3 Å². The van der Waals surface area contributed by atoms with Crippen LogP contribution in [0.15, 0.2) is 28.1 Å². The summed E-state index contributed by atoms with van der Waals surface area (Å²) in [4.78, 5) is 13.0. The Morgan fingerprint density at radius 2 is 2.04 bits per heavy atom. The molecule has 0 amide bonds. The minimum atomic E-state index is -0.0570. The van der Waals surface area contributed by atoms with Gasteiger partial charge in [-0.3, -0.25) is 4.98 Å². The predicted molar refractivity (Wildman–Crippen MR) is 89.5 cm³/mol. The van der Waals surface area contributed by atoms with Crippen molar-refractivity contribution in [3.8, 4) is 11.5 Å². The first-order valence-corrected chi connectivity index (χ1v) is 8.79. The second-order valence-corrected chi connectivity index (χ2v) is 7.84. The minimum Gasteiger partial charge on any atom is -0.301 e. The Hall–Kier alpha value is -1.87. The van der Waals surface area contributed by atoms with Gasteiger partial charge in [-0.2, -0.15) is 4.37 Å². The Bertz CT molecular complexity index is 789. The highest BCUT2D eigenvalue weighted by molar-refractivity contribution is 8.00. The normalized spacial score (nSPS) is 11.8. The van der Waals surface area contributed by atoms with Gasteiger partial charge in [-0.15, -0.1) is 10.2 Å². The maximum Gasteiger partial charge on any atom is 0.198 e. The maximum absolute atomic E-state index is 4.60. The molecule has 0 unspecified atom stereocenters. The molecule has 23 heavy (non-hydrogen) atoms. The van der Waals surface area contributed by atoms with Crippen molar-refractivity contribution in [2.24, 2.45) is 0 Å². The van der Waals surface area contributed by atoms with Gasteiger partial charge in [0.1, 0.15) is 11.5 Å². The lowest BCUT2D eigenvalue weighted by Gasteiger charge is -2.12. The van der Waals surface area contributed by atoms with Gasteiger partial charge in [-0.25, -0.2) is 9.97 Å². The summed E-state index contributed by atoms with van der Waals surface area (Å²) < 4.78 is 7.30. The molecule has 0 aliphatic rings. The van der Waals surface area contributed by atoms with E-state index in [4.69, 9.17) is 0 Å². The lowest BCUT2D eigenvalue weighted by Crippen LogP contribution is -2.12. The van der Waals surface area contributed by atoms with Crippen LogP contribution in [-0.4, -0.2) is 34.1 Å². The van der Waals surface area contributed by atoms with Crippen LogP contribution >= 0.6 is 23.3 Å². The Balaban J connectivity index is 1.90. The van der Waals surface area contributed by atoms with Crippen molar-refractivity contribution in [1.29, 1.82) is 0 Å². The van der Waals surface area contributed by atoms with Gasteiger partial charge in [0.15, 0.2) is 15.3 Å². The van der Waals surface area contributed by atoms with Gasteiger partial charge in [0.05, 0.1) is 6.20 Å². The first-order valence-electron chi connectivity index (χ1n) is 7.20. The summed E-state index contributed by atoms with van der Waals surface area (Å²) in [7, 11) is 0. The highest BCUT2D eigenvalue weighted by Crippen LogP contribution is 2.32. The first-order chi connectivity index (χ1) is 11.0. The maximum atomic E-state index is 4.60. The Morgan fingerprint density at radius 3 is 2.65 bits per heavy atom. The van der Waals surface area contributed by atoms with E-state index in [1.54, 1.807) is 18.6 Å². The summed E-state index contributed by atoms with van der Waals surface area (Å²) >= 11 is 2.87. The molecule has 0 aromatic carbocycles. The Labute approximate surface area is 142 Å². The molecule has 0 aliphatic heterocycles. The number of aromatic nitrogens is 7. The van der Waals surface area contributed by atoms with Crippen LogP contribution in [0.3, 0.4) is 0 Å². The van der Waals surface area contributed by atoms with Gasteiger partial charge in [0, 0.05) is 24.4 Å². The molecule has 0 bridgehead atoms. The highest BCUT2D eigenvalue weighted by atomic mass is 32.2. The zero-order chi connectivity index (χ0) is 16.4. The van der Waals surface area contributed by atoms with Crippen LogP contribution < -0.4 is 0 Å². The van der Waals surface area contributed by atoms with Crippen molar-refractivity contribution in [3.05, 3.63) is 24.4 Å². The van der Waals surface area contributed by atoms with E-state index in [1.807, 2.05) is 11.5 Å². The van der Waals surface area contributed by atoms with Gasteiger partial charge < -0.3 is 4.57 Å². The van der Waals surface area contributed by atoms with Crippen LogP contribution in [-0.2, 0) is 12.0 Å². The fraction of sp³-hybridized carbons (Fsp3) is 0.429. The highest BCUT2D eigenvalue weighted by Gasteiger charge is 2.21. The molecule has 3 rings (SSSR count). The smallest absolute Gasteiger partial charge is 0.198 e. The van der Waals surface area contributed by atoms with Crippen molar-refractivity contribution >= 4 is 23.3 Å². The van der Waals surface area contributed by atoms with Gasteiger partial charge in [0.2, 0.25) is 0 Å². The molecule has 3 aromatic rings. The lowest BCUT2D eigenvalue weighted by atomic mass is 9.96. The third kappa shape index (κ3) is 3.40. The zero-order valence-corrected chi connectivity index (χ0v) is 15.0. The summed E-state index contributed by atoms with van der Waals surface area (Å²) in [6.45, 7) is 9.10. The van der Waals surface area contributed by atoms with Gasteiger partial charge in [-0.05, 0) is 30.2 Å². The number of nitrogens with zero attached hydrogens (tertiary/aromatic N) is 7. The molecule has 3 heterocycles. The molecule has 0 spiro atoms. The topological polar surface area (TPSA) is 82.3 Å². The van der Waals surface area contributed by atoms with Crippen molar-refractivity contribution in [2.45, 2.75) is 49.2 Å². The Kier molecular flexibility index (Phi) is 4.40. The lowest BCUT2D eigenvalue weighted by molar-refractivity contribution is 0.551. The summed E-state index contributed by atoms with van der Waals surface area (Å²) in [6.07, 6.45) is 4.98. The van der Waals surface area contributed by atoms with E-state index in [9.17, 15) is 0 Å². The molecule has 120 valence electrons. The third-order valence-electron chi connectivity index (χ3n) is 3.08. The van der Waals surface area contributed by atoms with E-state index in [-0.39, 0.29) is 5.41 Å². The molecule has 7 nitrogen and oxygen atoms in total. The summed E-state index contributed by atoms with van der Waals surface area (Å²) in [5.41, 5.74) is 0.653. The minimum absolute atomic E-state index is 0.0570. The van der Waals surface area contributed by atoms with E-state index < -0.39 is 0 Å². The molecule has 3 aromatic heterocycles. The SMILES string of the molecule is CCn1c(Sc2nc(C(C)(C)C)ns2)nnc1-c1cnccn1. The molecule has 9 heteroatoms. The van der Waals surface area contributed by atoms with Crippen molar-refractivity contribution in [1.82, 2.24) is 34.1 Å². The van der Waals surface area contributed by atoms with Crippen LogP contribution in [0.2, 0.25) is 0 Å². The van der Waals surface area contributed by atoms with E-state index in [0.29, 0.717) is 11.5 Å². The zero-order valence-electron chi connectivity index (χ0n) is 13.4. The van der Waals surface area contributed by atoms with Crippen molar-refractivity contribution in [2.75, 3.05) is 0 Å². The average molecular weight is 347 g/mol. The molecule has 0 radical (unpaired) electrons. The summed E-state index contributed by atoms with van der Waals surface area (Å²) in [5, 5.41) is 9.31. The Morgan fingerprint density at radius 1 is 1.22 bits per heavy atom. The largest absolute Gasteiger partial charge is 0.301 e. The predicted octanol–water partition coefficient (Wildman–Crippen LogP) is 3.06. The van der Waals surface area contributed by atoms with Crippen LogP contribution in [0, 0.1) is 0 Å². The second-order valence-electron chi connectivity index (χ2n) is 5.88. The third-order valence-corrected chi connectivity index (χ3v) is 4.82. The van der Waals surface area contributed by atoms with Crippen LogP contribution in [0.5, 0.6) is 0 Å². The second kappa shape index (κ2) is 6.32. The molecular weight excluding hydrogens is 330 g/mol. The molecule has 0 saturated carbocycles. The van der Waals surface area contributed by atoms with E-state index >= 15 is 0 Å². The molecule has 0 fully saturated rings. The fourth-order valence-electron chi connectivity index (χ4n) is 1.89. The van der Waals surface area contributed by atoms with Crippen LogP contribution in [0.1, 0.15) is 33.5 Å². The molecule has 0 atom stereocenters. The monoisotopic (exact) mass is 347 g/mol. The van der Waals surface area contributed by atoms with Gasteiger partial charge >= 0.3 is 0 Å². The van der Waals surface area contributed by atoms with Gasteiger partial charge in [0.25, 0.3) is 0 Å². The molecule has 0 aliphatic carbocycles. The first kappa shape index (κ1) is 16.0. The average Bonchev–Trinajstić information content (AvgIpc) is 3.15. The number of rotatable bonds is 4. The van der Waals surface area contributed by atoms with Gasteiger partial charge in [-0.1, -0.05) is 20.8 Å². The van der Waals surface area contributed by atoms with E-state index in [0.717, 1.165) is 21.9 Å². The summed E-state index contributed by atoms with van der Waals surface area (Å²) in [6, 6.07) is 0.